The van der Waals surface area contributed by atoms with Gasteiger partial charge < -0.3 is 22.2 Å². The van der Waals surface area contributed by atoms with Gasteiger partial charge in [0, 0.05) is 51.6 Å². The zero-order valence-electron chi connectivity index (χ0n) is 16.2. The molecule has 0 unspecified atom stereocenters. The summed E-state index contributed by atoms with van der Waals surface area (Å²) in [6.07, 6.45) is 4.48. The Labute approximate surface area is 187 Å². The Balaban J connectivity index is 0.00000158. The van der Waals surface area contributed by atoms with Gasteiger partial charge in [0.25, 0.3) is 0 Å². The number of aliphatic hydroxyl groups excluding tert-OH is 1. The van der Waals surface area contributed by atoms with Gasteiger partial charge in [0.2, 0.25) is 11.8 Å². The first-order chi connectivity index (χ1) is 12.3. The Hall–Kier alpha value is -0.976. The van der Waals surface area contributed by atoms with Gasteiger partial charge >= 0.3 is 0 Å². The van der Waals surface area contributed by atoms with Crippen molar-refractivity contribution < 1.29 is 52.2 Å². The molecule has 4 atom stereocenters. The molecule has 1 aliphatic heterocycles. The first-order valence-corrected chi connectivity index (χ1v) is 8.89. The summed E-state index contributed by atoms with van der Waals surface area (Å²) in [6, 6.07) is -0.736. The van der Waals surface area contributed by atoms with Gasteiger partial charge in [0.1, 0.15) is 11.6 Å². The van der Waals surface area contributed by atoms with E-state index >= 15 is 0 Å². The molecule has 6 nitrogen and oxygen atoms in total. The molecule has 1 saturated carbocycles. The number of piperidine rings is 1. The van der Waals surface area contributed by atoms with Gasteiger partial charge in [0.15, 0.2) is 5.78 Å². The smallest absolute Gasteiger partial charge is 0.243 e. The Kier molecular flexibility index (Phi) is 11.3. The van der Waals surface area contributed by atoms with Crippen molar-refractivity contribution in [3.8, 4) is 0 Å². The summed E-state index contributed by atoms with van der Waals surface area (Å²) in [6.45, 7) is 15.6. The van der Waals surface area contributed by atoms with E-state index in [4.69, 9.17) is 0 Å². The van der Waals surface area contributed by atoms with Crippen LogP contribution in [0.1, 0.15) is 39.0 Å². The summed E-state index contributed by atoms with van der Waals surface area (Å²) < 4.78 is 0. The number of carbonyl (C=O) groups is 3. The minimum Gasteiger partial charge on any atom is -0.393 e. The van der Waals surface area contributed by atoms with Crippen LogP contribution in [0.3, 0.4) is 0 Å². The standard InChI is InChI=1S/C17H25N2O4.C3H5.Y/c1-4-6-15(22)19-8-7-13(21)9-14(19)16(23)18-17(11(3)20)10-12(17)5-2;1-3-2;/h5,12-14,21H,1-2,4,6-10H2,3H3,(H,18,23);3H,1-2H2;/q2*-1;/t12-,13-,14+,17+;;/m1../s1. The fourth-order valence-corrected chi connectivity index (χ4v) is 3.30. The SMILES string of the molecule is C=C[C@@H]1C[C@]1(NC(=O)[C@@H]1C[C@H](O)CCN1C(=O)CC[CH2-])C(C)=O.C=C[CH2-].[Y]. The Morgan fingerprint density at radius 1 is 1.37 bits per heavy atom. The van der Waals surface area contributed by atoms with Crippen molar-refractivity contribution in [3.05, 3.63) is 39.2 Å². The molecular weight excluding hydrogens is 421 g/mol. The van der Waals surface area contributed by atoms with E-state index in [9.17, 15) is 19.5 Å². The summed E-state index contributed by atoms with van der Waals surface area (Å²) in [7, 11) is 0. The predicted octanol–water partition coefficient (Wildman–Crippen LogP) is 1.61. The van der Waals surface area contributed by atoms with Crippen molar-refractivity contribution in [1.82, 2.24) is 10.2 Å². The summed E-state index contributed by atoms with van der Waals surface area (Å²) >= 11 is 0. The third-order valence-corrected chi connectivity index (χ3v) is 4.86. The van der Waals surface area contributed by atoms with Gasteiger partial charge in [-0.1, -0.05) is 6.08 Å². The van der Waals surface area contributed by atoms with Crippen LogP contribution in [0.4, 0.5) is 0 Å². The average molecular weight is 451 g/mol. The molecule has 27 heavy (non-hydrogen) atoms. The predicted molar refractivity (Wildman–Crippen MR) is 101 cm³/mol. The molecule has 1 aliphatic carbocycles. The van der Waals surface area contributed by atoms with Crippen LogP contribution >= 0.6 is 0 Å². The number of hydrogen-bond donors (Lipinski definition) is 2. The molecule has 2 fully saturated rings. The first-order valence-electron chi connectivity index (χ1n) is 8.89. The second-order valence-electron chi connectivity index (χ2n) is 6.74. The maximum absolute atomic E-state index is 12.7. The molecule has 7 heteroatoms. The van der Waals surface area contributed by atoms with Crippen LogP contribution in [0.25, 0.3) is 0 Å². The average Bonchev–Trinajstić information content (AvgIpc) is 3.30. The third-order valence-electron chi connectivity index (χ3n) is 4.86. The number of aliphatic hydroxyl groups is 1. The minimum absolute atomic E-state index is 0. The number of nitrogens with zero attached hydrogens (tertiary/aromatic N) is 1. The molecular formula is C20H30N2O4Y-2. The summed E-state index contributed by atoms with van der Waals surface area (Å²) in [5.41, 5.74) is -0.887. The van der Waals surface area contributed by atoms with Crippen LogP contribution in [-0.2, 0) is 47.1 Å². The number of rotatable bonds is 6. The molecule has 0 spiro atoms. The number of ketones is 1. The maximum Gasteiger partial charge on any atom is 0.243 e. The minimum atomic E-state index is -0.887. The Morgan fingerprint density at radius 2 is 1.96 bits per heavy atom. The second-order valence-corrected chi connectivity index (χ2v) is 6.74. The van der Waals surface area contributed by atoms with E-state index < -0.39 is 17.7 Å². The zero-order valence-corrected chi connectivity index (χ0v) is 19.0. The van der Waals surface area contributed by atoms with E-state index in [1.807, 2.05) is 0 Å². The van der Waals surface area contributed by atoms with Crippen LogP contribution in [0.2, 0.25) is 0 Å². The second kappa shape index (κ2) is 11.8. The van der Waals surface area contributed by atoms with Crippen LogP contribution < -0.4 is 5.32 Å². The van der Waals surface area contributed by atoms with Crippen molar-refractivity contribution in [3.63, 3.8) is 0 Å². The largest absolute Gasteiger partial charge is 0.393 e. The zero-order chi connectivity index (χ0) is 19.9. The van der Waals surface area contributed by atoms with Crippen molar-refractivity contribution in [2.75, 3.05) is 6.54 Å². The van der Waals surface area contributed by atoms with E-state index in [0.717, 1.165) is 0 Å². The van der Waals surface area contributed by atoms with Crippen molar-refractivity contribution in [1.29, 1.82) is 0 Å². The van der Waals surface area contributed by atoms with Crippen LogP contribution in [0.15, 0.2) is 25.3 Å². The molecule has 1 radical (unpaired) electrons. The maximum atomic E-state index is 12.7. The Bertz CT molecular complexity index is 566. The van der Waals surface area contributed by atoms with Crippen LogP contribution in [0, 0.1) is 19.8 Å². The summed E-state index contributed by atoms with van der Waals surface area (Å²) in [4.78, 5) is 38.3. The topological polar surface area (TPSA) is 86.7 Å². The summed E-state index contributed by atoms with van der Waals surface area (Å²) in [5, 5.41) is 12.7. The van der Waals surface area contributed by atoms with Gasteiger partial charge in [0.05, 0.1) is 6.10 Å². The fraction of sp³-hybridized carbons (Fsp3) is 0.550. The van der Waals surface area contributed by atoms with Gasteiger partial charge in [-0.15, -0.1) is 6.58 Å². The van der Waals surface area contributed by atoms with Gasteiger partial charge in [-0.2, -0.15) is 6.42 Å². The molecule has 2 rings (SSSR count). The molecule has 0 aromatic carbocycles. The van der Waals surface area contributed by atoms with Gasteiger partial charge in [-0.3, -0.25) is 14.4 Å². The van der Waals surface area contributed by atoms with E-state index in [0.29, 0.717) is 25.8 Å². The van der Waals surface area contributed by atoms with Crippen molar-refractivity contribution >= 4 is 17.6 Å². The number of likely N-dealkylation sites (tertiary alicyclic amines) is 1. The molecule has 149 valence electrons. The van der Waals surface area contributed by atoms with Crippen molar-refractivity contribution in [2.45, 2.75) is 56.7 Å². The first kappa shape index (κ1) is 26.0. The fourth-order valence-electron chi connectivity index (χ4n) is 3.30. The Morgan fingerprint density at radius 3 is 2.41 bits per heavy atom. The third kappa shape index (κ3) is 6.54. The number of amides is 2. The van der Waals surface area contributed by atoms with Gasteiger partial charge in [-0.05, 0) is 26.2 Å². The van der Waals surface area contributed by atoms with Crippen molar-refractivity contribution in [2.24, 2.45) is 5.92 Å². The molecule has 0 aromatic heterocycles. The monoisotopic (exact) mass is 451 g/mol. The molecule has 0 bridgehead atoms. The molecule has 1 heterocycles. The van der Waals surface area contributed by atoms with E-state index in [1.165, 1.54) is 17.9 Å². The van der Waals surface area contributed by atoms with E-state index in [-0.39, 0.29) is 69.1 Å². The van der Waals surface area contributed by atoms with Crippen LogP contribution in [-0.4, -0.2) is 51.8 Å². The number of Topliss-reactive ketones (excluding diaryl/α,β-unsaturated/α-hetero) is 1. The number of carbonyl (C=O) groups excluding carboxylic acids is 3. The van der Waals surface area contributed by atoms with Crippen LogP contribution in [0.5, 0.6) is 0 Å². The normalized spacial score (nSPS) is 28.6. The van der Waals surface area contributed by atoms with Gasteiger partial charge in [-0.25, -0.2) is 19.6 Å². The molecule has 1 saturated heterocycles. The number of hydrogen-bond acceptors (Lipinski definition) is 4. The molecule has 0 aromatic rings. The quantitative estimate of drug-likeness (QED) is 0.475. The number of allylic oxidation sites excluding steroid dienone is 1. The number of nitrogens with one attached hydrogen (secondary N) is 1. The summed E-state index contributed by atoms with van der Waals surface area (Å²) in [5.74, 6) is -0.690. The van der Waals surface area contributed by atoms with E-state index in [1.54, 1.807) is 6.08 Å². The molecule has 2 N–H and O–H groups in total. The van der Waals surface area contributed by atoms with E-state index in [2.05, 4.69) is 32.3 Å². The molecule has 2 aliphatic rings. The molecule has 2 amide bonds.